The SMILES string of the molecule is COC(=O)c1ccc(C(=O)N2CCC(c3ccc(NC(=O)c4cc5cc(OC)ccc5o4)cc3)CC2)c(C)c1. The Kier molecular flexibility index (Phi) is 7.36. The molecular weight excluding hydrogens is 496 g/mol. The van der Waals surface area contributed by atoms with Crippen molar-refractivity contribution >= 4 is 34.4 Å². The van der Waals surface area contributed by atoms with Gasteiger partial charge >= 0.3 is 5.97 Å². The summed E-state index contributed by atoms with van der Waals surface area (Å²) in [6, 6.07) is 19.9. The Labute approximate surface area is 226 Å². The minimum atomic E-state index is -0.418. The van der Waals surface area contributed by atoms with Crippen LogP contribution in [0.15, 0.2) is 71.1 Å². The number of anilines is 1. The zero-order valence-electron chi connectivity index (χ0n) is 22.2. The molecular formula is C31H30N2O6. The second-order valence-corrected chi connectivity index (χ2v) is 9.68. The van der Waals surface area contributed by atoms with Crippen LogP contribution in [-0.4, -0.2) is 50.0 Å². The van der Waals surface area contributed by atoms with E-state index in [2.05, 4.69) is 5.32 Å². The fourth-order valence-corrected chi connectivity index (χ4v) is 5.03. The lowest BCUT2D eigenvalue weighted by molar-refractivity contribution is 0.0599. The molecule has 0 radical (unpaired) electrons. The first-order chi connectivity index (χ1) is 18.9. The third-order valence-electron chi connectivity index (χ3n) is 7.25. The predicted molar refractivity (Wildman–Crippen MR) is 148 cm³/mol. The van der Waals surface area contributed by atoms with Gasteiger partial charge in [-0.1, -0.05) is 12.1 Å². The molecule has 1 N–H and O–H groups in total. The Morgan fingerprint density at radius 3 is 2.33 bits per heavy atom. The number of piperidine rings is 1. The zero-order valence-corrected chi connectivity index (χ0v) is 22.2. The van der Waals surface area contributed by atoms with Crippen molar-refractivity contribution in [3.63, 3.8) is 0 Å². The number of amides is 2. The Morgan fingerprint density at radius 2 is 1.67 bits per heavy atom. The lowest BCUT2D eigenvalue weighted by atomic mass is 9.89. The highest BCUT2D eigenvalue weighted by Gasteiger charge is 2.26. The third kappa shape index (κ3) is 5.50. The topological polar surface area (TPSA) is 98.1 Å². The van der Waals surface area contributed by atoms with Crippen molar-refractivity contribution < 1.29 is 28.3 Å². The number of ether oxygens (including phenoxy) is 2. The lowest BCUT2D eigenvalue weighted by Gasteiger charge is -2.32. The van der Waals surface area contributed by atoms with Gasteiger partial charge in [0.1, 0.15) is 11.3 Å². The molecule has 2 amide bonds. The number of furan rings is 1. The Hall–Kier alpha value is -4.59. The first kappa shape index (κ1) is 26.0. The van der Waals surface area contributed by atoms with E-state index in [1.807, 2.05) is 42.2 Å². The Morgan fingerprint density at radius 1 is 0.923 bits per heavy atom. The van der Waals surface area contributed by atoms with E-state index in [9.17, 15) is 14.4 Å². The summed E-state index contributed by atoms with van der Waals surface area (Å²) in [6.45, 7) is 3.13. The number of nitrogens with zero attached hydrogens (tertiary/aromatic N) is 1. The van der Waals surface area contributed by atoms with Crippen LogP contribution >= 0.6 is 0 Å². The highest BCUT2D eigenvalue weighted by molar-refractivity contribution is 6.04. The van der Waals surface area contributed by atoms with Gasteiger partial charge in [-0.25, -0.2) is 4.79 Å². The quantitative estimate of drug-likeness (QED) is 0.319. The first-order valence-electron chi connectivity index (χ1n) is 12.8. The van der Waals surface area contributed by atoms with E-state index < -0.39 is 5.97 Å². The highest BCUT2D eigenvalue weighted by atomic mass is 16.5. The summed E-state index contributed by atoms with van der Waals surface area (Å²) in [4.78, 5) is 39.5. The van der Waals surface area contributed by atoms with E-state index in [-0.39, 0.29) is 17.6 Å². The number of carbonyl (C=O) groups excluding carboxylic acids is 3. The molecule has 0 bridgehead atoms. The Bertz CT molecular complexity index is 1530. The van der Waals surface area contributed by atoms with Crippen LogP contribution in [0.25, 0.3) is 11.0 Å². The molecule has 4 aromatic rings. The number of aryl methyl sites for hydroxylation is 1. The van der Waals surface area contributed by atoms with Gasteiger partial charge < -0.3 is 24.1 Å². The van der Waals surface area contributed by atoms with Gasteiger partial charge in [0.2, 0.25) is 0 Å². The van der Waals surface area contributed by atoms with Crippen LogP contribution in [0.3, 0.4) is 0 Å². The van der Waals surface area contributed by atoms with Gasteiger partial charge in [0.25, 0.3) is 11.8 Å². The molecule has 0 spiro atoms. The molecule has 8 nitrogen and oxygen atoms in total. The molecule has 8 heteroatoms. The monoisotopic (exact) mass is 526 g/mol. The van der Waals surface area contributed by atoms with E-state index in [0.717, 1.165) is 23.8 Å². The molecule has 0 atom stereocenters. The Balaban J connectivity index is 1.18. The van der Waals surface area contributed by atoms with Crippen molar-refractivity contribution in [3.8, 4) is 5.75 Å². The number of nitrogens with one attached hydrogen (secondary N) is 1. The average molecular weight is 527 g/mol. The number of hydrogen-bond acceptors (Lipinski definition) is 6. The summed E-state index contributed by atoms with van der Waals surface area (Å²) in [7, 11) is 2.93. The van der Waals surface area contributed by atoms with E-state index in [1.165, 1.54) is 12.7 Å². The first-order valence-corrected chi connectivity index (χ1v) is 12.8. The van der Waals surface area contributed by atoms with Gasteiger partial charge in [0.05, 0.1) is 19.8 Å². The number of rotatable bonds is 6. The molecule has 1 aromatic heterocycles. The minimum Gasteiger partial charge on any atom is -0.497 e. The van der Waals surface area contributed by atoms with Crippen molar-refractivity contribution in [1.82, 2.24) is 4.90 Å². The van der Waals surface area contributed by atoms with Crippen LogP contribution in [0.2, 0.25) is 0 Å². The van der Waals surface area contributed by atoms with Gasteiger partial charge in [-0.15, -0.1) is 0 Å². The van der Waals surface area contributed by atoms with Gasteiger partial charge in [0, 0.05) is 29.7 Å². The number of benzene rings is 3. The van der Waals surface area contributed by atoms with Crippen molar-refractivity contribution in [2.75, 3.05) is 32.6 Å². The summed E-state index contributed by atoms with van der Waals surface area (Å²) >= 11 is 0. The third-order valence-corrected chi connectivity index (χ3v) is 7.25. The van der Waals surface area contributed by atoms with Gasteiger partial charge in [-0.3, -0.25) is 9.59 Å². The fraction of sp³-hybridized carbons (Fsp3) is 0.258. The van der Waals surface area contributed by atoms with E-state index in [0.29, 0.717) is 47.2 Å². The summed E-state index contributed by atoms with van der Waals surface area (Å²) in [5.74, 6) is 0.495. The van der Waals surface area contributed by atoms with Crippen LogP contribution in [0, 0.1) is 6.92 Å². The maximum atomic E-state index is 13.1. The number of esters is 1. The lowest BCUT2D eigenvalue weighted by Crippen LogP contribution is -2.38. The van der Waals surface area contributed by atoms with Crippen molar-refractivity contribution in [2.24, 2.45) is 0 Å². The van der Waals surface area contributed by atoms with Crippen LogP contribution < -0.4 is 10.1 Å². The molecule has 39 heavy (non-hydrogen) atoms. The number of methoxy groups -OCH3 is 2. The molecule has 0 unspecified atom stereocenters. The van der Waals surface area contributed by atoms with Crippen molar-refractivity contribution in [3.05, 3.63) is 94.7 Å². The second kappa shape index (κ2) is 11.0. The fourth-order valence-electron chi connectivity index (χ4n) is 5.03. The van der Waals surface area contributed by atoms with Gasteiger partial charge in [0.15, 0.2) is 5.76 Å². The standard InChI is InChI=1S/C31H30N2O6/c1-19-16-22(31(36)38-3)6-10-26(19)30(35)33-14-12-21(13-15-33)20-4-7-24(8-5-20)32-29(34)28-18-23-17-25(37-2)9-11-27(23)39-28/h4-11,16-18,21H,12-15H2,1-3H3,(H,32,34). The normalized spacial score (nSPS) is 13.8. The van der Waals surface area contributed by atoms with E-state index >= 15 is 0 Å². The number of fused-ring (bicyclic) bond motifs is 1. The molecule has 1 saturated heterocycles. The smallest absolute Gasteiger partial charge is 0.337 e. The number of hydrogen-bond donors (Lipinski definition) is 1. The molecule has 0 saturated carbocycles. The molecule has 2 heterocycles. The molecule has 3 aromatic carbocycles. The average Bonchev–Trinajstić information content (AvgIpc) is 3.40. The largest absolute Gasteiger partial charge is 0.497 e. The molecule has 5 rings (SSSR count). The summed E-state index contributed by atoms with van der Waals surface area (Å²) in [6.07, 6.45) is 1.69. The van der Waals surface area contributed by atoms with E-state index in [4.69, 9.17) is 13.9 Å². The van der Waals surface area contributed by atoms with Crippen LogP contribution in [-0.2, 0) is 4.74 Å². The zero-order chi connectivity index (χ0) is 27.5. The minimum absolute atomic E-state index is 0.0237. The maximum absolute atomic E-state index is 13.1. The van der Waals surface area contributed by atoms with Gasteiger partial charge in [-0.2, -0.15) is 0 Å². The van der Waals surface area contributed by atoms with Crippen LogP contribution in [0.5, 0.6) is 5.75 Å². The van der Waals surface area contributed by atoms with Crippen molar-refractivity contribution in [2.45, 2.75) is 25.7 Å². The molecule has 1 aliphatic rings. The van der Waals surface area contributed by atoms with Crippen molar-refractivity contribution in [1.29, 1.82) is 0 Å². The maximum Gasteiger partial charge on any atom is 0.337 e. The molecule has 1 fully saturated rings. The molecule has 1 aliphatic heterocycles. The second-order valence-electron chi connectivity index (χ2n) is 9.68. The van der Waals surface area contributed by atoms with Crippen LogP contribution in [0.4, 0.5) is 5.69 Å². The van der Waals surface area contributed by atoms with Crippen LogP contribution in [0.1, 0.15) is 61.2 Å². The number of carbonyl (C=O) groups is 3. The number of likely N-dealkylation sites (tertiary alicyclic amines) is 1. The molecule has 200 valence electrons. The van der Waals surface area contributed by atoms with E-state index in [1.54, 1.807) is 43.5 Å². The highest BCUT2D eigenvalue weighted by Crippen LogP contribution is 2.30. The predicted octanol–water partition coefficient (Wildman–Crippen LogP) is 5.81. The molecule has 0 aliphatic carbocycles. The summed E-state index contributed by atoms with van der Waals surface area (Å²) in [5.41, 5.74) is 4.27. The summed E-state index contributed by atoms with van der Waals surface area (Å²) in [5, 5.41) is 3.69. The van der Waals surface area contributed by atoms with Gasteiger partial charge in [-0.05, 0) is 91.4 Å². The summed E-state index contributed by atoms with van der Waals surface area (Å²) < 4.78 is 15.7.